The molecule has 1 heterocycles. The van der Waals surface area contributed by atoms with Crippen molar-refractivity contribution < 1.29 is 0 Å². The topological polar surface area (TPSA) is 12.9 Å². The molecule has 76 valence electrons. The average molecular weight is 347 g/mol. The van der Waals surface area contributed by atoms with Gasteiger partial charge >= 0.3 is 0 Å². The Morgan fingerprint density at radius 2 is 1.93 bits per heavy atom. The summed E-state index contributed by atoms with van der Waals surface area (Å²) in [7, 11) is 0. The maximum absolute atomic E-state index is 5.93. The van der Waals surface area contributed by atoms with Gasteiger partial charge in [0.15, 0.2) is 0 Å². The van der Waals surface area contributed by atoms with Crippen LogP contribution in [0.15, 0.2) is 45.5 Å². The predicted octanol–water partition coefficient (Wildman–Crippen LogP) is 4.93. The highest BCUT2D eigenvalue weighted by atomic mass is 79.9. The number of hydrogen-bond donors (Lipinski definition) is 0. The first-order valence-electron chi connectivity index (χ1n) is 4.24. The number of halogens is 3. The lowest BCUT2D eigenvalue weighted by molar-refractivity contribution is 1.29. The van der Waals surface area contributed by atoms with Crippen molar-refractivity contribution in [2.24, 2.45) is 0 Å². The Morgan fingerprint density at radius 3 is 2.67 bits per heavy atom. The summed E-state index contributed by atoms with van der Waals surface area (Å²) in [6.45, 7) is 0. The van der Waals surface area contributed by atoms with Gasteiger partial charge in [-0.25, -0.2) is 0 Å². The van der Waals surface area contributed by atoms with E-state index in [-0.39, 0.29) is 0 Å². The third-order valence-electron chi connectivity index (χ3n) is 1.94. The van der Waals surface area contributed by atoms with Gasteiger partial charge in [0.1, 0.15) is 0 Å². The third kappa shape index (κ3) is 2.41. The minimum atomic E-state index is 0.709. The predicted molar refractivity (Wildman–Crippen MR) is 70.1 cm³/mol. The first-order chi connectivity index (χ1) is 7.18. The molecule has 0 aliphatic carbocycles. The Bertz CT molecular complexity index is 500. The number of aromatic nitrogens is 1. The van der Waals surface area contributed by atoms with Gasteiger partial charge in [-0.2, -0.15) is 0 Å². The van der Waals surface area contributed by atoms with Gasteiger partial charge in [0, 0.05) is 21.3 Å². The molecule has 0 atom stereocenters. The lowest BCUT2D eigenvalue weighted by Crippen LogP contribution is -1.85. The van der Waals surface area contributed by atoms with E-state index in [1.807, 2.05) is 30.3 Å². The van der Waals surface area contributed by atoms with Gasteiger partial charge in [-0.15, -0.1) is 0 Å². The van der Waals surface area contributed by atoms with Gasteiger partial charge in [-0.1, -0.05) is 23.7 Å². The lowest BCUT2D eigenvalue weighted by atomic mass is 10.1. The number of nitrogens with zero attached hydrogens (tertiary/aromatic N) is 1. The van der Waals surface area contributed by atoms with E-state index in [0.29, 0.717) is 5.02 Å². The molecule has 0 N–H and O–H groups in total. The summed E-state index contributed by atoms with van der Waals surface area (Å²) >= 11 is 12.9. The van der Waals surface area contributed by atoms with Crippen LogP contribution in [0.3, 0.4) is 0 Å². The molecule has 0 radical (unpaired) electrons. The summed E-state index contributed by atoms with van der Waals surface area (Å²) in [5.74, 6) is 0. The van der Waals surface area contributed by atoms with Crippen LogP contribution in [0.25, 0.3) is 11.3 Å². The van der Waals surface area contributed by atoms with Crippen molar-refractivity contribution in [3.8, 4) is 11.3 Å². The van der Waals surface area contributed by atoms with Crippen LogP contribution < -0.4 is 0 Å². The summed E-state index contributed by atoms with van der Waals surface area (Å²) in [4.78, 5) is 4.31. The maximum atomic E-state index is 5.93. The molecule has 0 saturated carbocycles. The SMILES string of the molecule is Clc1cccc(-c2nccc(Br)c2Br)c1. The van der Waals surface area contributed by atoms with Crippen LogP contribution in [0.4, 0.5) is 0 Å². The average Bonchev–Trinajstić information content (AvgIpc) is 2.22. The minimum absolute atomic E-state index is 0.709. The van der Waals surface area contributed by atoms with Crippen LogP contribution in [0.2, 0.25) is 5.02 Å². The minimum Gasteiger partial charge on any atom is -0.255 e. The second-order valence-electron chi connectivity index (χ2n) is 2.97. The van der Waals surface area contributed by atoms with Gasteiger partial charge < -0.3 is 0 Å². The third-order valence-corrected chi connectivity index (χ3v) is 4.17. The molecular weight excluding hydrogens is 341 g/mol. The molecule has 2 rings (SSSR count). The quantitative estimate of drug-likeness (QED) is 0.713. The van der Waals surface area contributed by atoms with Crippen molar-refractivity contribution in [2.45, 2.75) is 0 Å². The molecule has 0 amide bonds. The number of benzene rings is 1. The van der Waals surface area contributed by atoms with E-state index in [1.165, 1.54) is 0 Å². The van der Waals surface area contributed by atoms with Gasteiger partial charge in [0.25, 0.3) is 0 Å². The van der Waals surface area contributed by atoms with Crippen molar-refractivity contribution in [1.29, 1.82) is 0 Å². The molecule has 0 spiro atoms. The molecule has 2 aromatic rings. The van der Waals surface area contributed by atoms with E-state index in [0.717, 1.165) is 20.2 Å². The van der Waals surface area contributed by atoms with Gasteiger partial charge in [-0.3, -0.25) is 4.98 Å². The highest BCUT2D eigenvalue weighted by molar-refractivity contribution is 9.13. The molecule has 0 unspecified atom stereocenters. The summed E-state index contributed by atoms with van der Waals surface area (Å²) < 4.78 is 1.92. The highest BCUT2D eigenvalue weighted by Crippen LogP contribution is 2.32. The standard InChI is InChI=1S/C11H6Br2ClN/c12-9-4-5-15-11(10(9)13)7-2-1-3-8(14)6-7/h1-6H. The van der Waals surface area contributed by atoms with Crippen molar-refractivity contribution in [3.63, 3.8) is 0 Å². The van der Waals surface area contributed by atoms with Crippen molar-refractivity contribution in [3.05, 3.63) is 50.5 Å². The lowest BCUT2D eigenvalue weighted by Gasteiger charge is -2.05. The molecule has 1 aromatic carbocycles. The second-order valence-corrected chi connectivity index (χ2v) is 5.05. The first kappa shape index (κ1) is 11.1. The van der Waals surface area contributed by atoms with Gasteiger partial charge in [-0.05, 0) is 50.1 Å². The van der Waals surface area contributed by atoms with Crippen molar-refractivity contribution in [1.82, 2.24) is 4.98 Å². The summed E-state index contributed by atoms with van der Waals surface area (Å²) in [5, 5.41) is 0.709. The molecule has 0 saturated heterocycles. The van der Waals surface area contributed by atoms with E-state index in [2.05, 4.69) is 36.8 Å². The maximum Gasteiger partial charge on any atom is 0.0855 e. The Balaban J connectivity index is 2.59. The molecule has 0 fully saturated rings. The van der Waals surface area contributed by atoms with E-state index in [9.17, 15) is 0 Å². The highest BCUT2D eigenvalue weighted by Gasteiger charge is 2.07. The Morgan fingerprint density at radius 1 is 1.13 bits per heavy atom. The van der Waals surface area contributed by atoms with Crippen LogP contribution in [-0.2, 0) is 0 Å². The van der Waals surface area contributed by atoms with Crippen LogP contribution in [0.5, 0.6) is 0 Å². The number of hydrogen-bond acceptors (Lipinski definition) is 1. The Hall–Kier alpha value is -0.380. The fourth-order valence-electron chi connectivity index (χ4n) is 1.26. The van der Waals surface area contributed by atoms with E-state index >= 15 is 0 Å². The van der Waals surface area contributed by atoms with Crippen LogP contribution >= 0.6 is 43.5 Å². The van der Waals surface area contributed by atoms with E-state index in [1.54, 1.807) is 6.20 Å². The van der Waals surface area contributed by atoms with Gasteiger partial charge in [0.2, 0.25) is 0 Å². The Kier molecular flexibility index (Phi) is 3.44. The summed E-state index contributed by atoms with van der Waals surface area (Å²) in [6.07, 6.45) is 1.76. The zero-order valence-corrected chi connectivity index (χ0v) is 11.5. The summed E-state index contributed by atoms with van der Waals surface area (Å²) in [6, 6.07) is 9.51. The molecule has 15 heavy (non-hydrogen) atoms. The van der Waals surface area contributed by atoms with Gasteiger partial charge in [0.05, 0.1) is 10.2 Å². The fraction of sp³-hybridized carbons (Fsp3) is 0. The molecule has 1 nitrogen and oxygen atoms in total. The fourth-order valence-corrected chi connectivity index (χ4v) is 2.22. The molecule has 0 bridgehead atoms. The largest absolute Gasteiger partial charge is 0.255 e. The van der Waals surface area contributed by atoms with E-state index in [4.69, 9.17) is 11.6 Å². The van der Waals surface area contributed by atoms with Crippen molar-refractivity contribution >= 4 is 43.5 Å². The first-order valence-corrected chi connectivity index (χ1v) is 6.21. The number of pyridine rings is 1. The molecule has 4 heteroatoms. The summed E-state index contributed by atoms with van der Waals surface area (Å²) in [5.41, 5.74) is 1.88. The normalized spacial score (nSPS) is 10.3. The monoisotopic (exact) mass is 345 g/mol. The molecule has 0 aliphatic rings. The zero-order valence-electron chi connectivity index (χ0n) is 7.55. The molecular formula is C11H6Br2ClN. The second kappa shape index (κ2) is 4.64. The van der Waals surface area contributed by atoms with Crippen molar-refractivity contribution in [2.75, 3.05) is 0 Å². The molecule has 1 aromatic heterocycles. The smallest absolute Gasteiger partial charge is 0.0855 e. The number of rotatable bonds is 1. The zero-order chi connectivity index (χ0) is 10.8. The van der Waals surface area contributed by atoms with Crippen LogP contribution in [0, 0.1) is 0 Å². The van der Waals surface area contributed by atoms with Crippen LogP contribution in [-0.4, -0.2) is 4.98 Å². The Labute approximate surface area is 110 Å². The van der Waals surface area contributed by atoms with Crippen LogP contribution in [0.1, 0.15) is 0 Å². The van der Waals surface area contributed by atoms with E-state index < -0.39 is 0 Å². The molecule has 0 aliphatic heterocycles.